The number of hydrogen-bond donors (Lipinski definition) is 0. The molecule has 56 valence electrons. The molecule has 0 aromatic rings. The first kappa shape index (κ1) is 6.62. The molecule has 0 aromatic carbocycles. The predicted octanol–water partition coefficient (Wildman–Crippen LogP) is 1.10. The van der Waals surface area contributed by atoms with Gasteiger partial charge in [0.05, 0.1) is 0 Å². The first-order valence-electron chi connectivity index (χ1n) is 4.07. The van der Waals surface area contributed by atoms with Gasteiger partial charge in [-0.05, 0) is 30.2 Å². The van der Waals surface area contributed by atoms with Crippen LogP contribution in [-0.4, -0.2) is 16.9 Å². The van der Waals surface area contributed by atoms with E-state index in [1.807, 2.05) is 7.11 Å². The van der Waals surface area contributed by atoms with E-state index in [1.54, 1.807) is 0 Å². The largest absolute Gasteiger partial charge is 0.427 e. The van der Waals surface area contributed by atoms with Crippen LogP contribution in [0.1, 0.15) is 12.8 Å². The van der Waals surface area contributed by atoms with Crippen molar-refractivity contribution >= 4 is 9.76 Å². The second-order valence-electron chi connectivity index (χ2n) is 3.50. The van der Waals surface area contributed by atoms with Gasteiger partial charge in [0, 0.05) is 7.11 Å². The summed E-state index contributed by atoms with van der Waals surface area (Å²) >= 11 is 0. The van der Waals surface area contributed by atoms with Crippen molar-refractivity contribution in [2.75, 3.05) is 7.11 Å². The van der Waals surface area contributed by atoms with Gasteiger partial charge in [0.25, 0.3) is 0 Å². The van der Waals surface area contributed by atoms with Crippen molar-refractivity contribution in [1.82, 2.24) is 0 Å². The Morgan fingerprint density at radius 2 is 2.30 bits per heavy atom. The van der Waals surface area contributed by atoms with E-state index in [0.29, 0.717) is 0 Å². The molecule has 1 fully saturated rings. The summed E-state index contributed by atoms with van der Waals surface area (Å²) in [6.45, 7) is 0. The van der Waals surface area contributed by atoms with Crippen molar-refractivity contribution in [2.24, 2.45) is 11.8 Å². The first-order chi connectivity index (χ1) is 4.90. The van der Waals surface area contributed by atoms with Gasteiger partial charge >= 0.3 is 0 Å². The van der Waals surface area contributed by atoms with E-state index in [4.69, 9.17) is 4.43 Å². The Morgan fingerprint density at radius 1 is 1.40 bits per heavy atom. The van der Waals surface area contributed by atoms with Crippen molar-refractivity contribution in [3.05, 3.63) is 12.2 Å². The molecular weight excluding hydrogens is 140 g/mol. The standard InChI is InChI=1S/C8H14OSi/c1-9-10-8-5-6-2-3-7(8)4-6/h2-3,6-8H,4-5,10H2,1H3. The topological polar surface area (TPSA) is 9.23 Å². The fourth-order valence-corrected chi connectivity index (χ4v) is 3.89. The molecule has 1 nitrogen and oxygen atoms in total. The molecule has 0 saturated heterocycles. The fraction of sp³-hybridized carbons (Fsp3) is 0.750. The number of rotatable bonds is 2. The molecule has 2 bridgehead atoms. The zero-order chi connectivity index (χ0) is 6.97. The Kier molecular flexibility index (Phi) is 1.66. The van der Waals surface area contributed by atoms with Crippen molar-refractivity contribution < 1.29 is 4.43 Å². The van der Waals surface area contributed by atoms with Crippen LogP contribution in [0.2, 0.25) is 5.54 Å². The van der Waals surface area contributed by atoms with E-state index in [-0.39, 0.29) is 9.76 Å². The lowest BCUT2D eigenvalue weighted by atomic mass is 10.1. The average Bonchev–Trinajstić information content (AvgIpc) is 2.48. The average molecular weight is 154 g/mol. The Labute approximate surface area is 64.4 Å². The summed E-state index contributed by atoms with van der Waals surface area (Å²) in [6.07, 6.45) is 7.67. The van der Waals surface area contributed by atoms with Gasteiger partial charge in [-0.2, -0.15) is 0 Å². The van der Waals surface area contributed by atoms with E-state index in [1.165, 1.54) is 12.8 Å². The van der Waals surface area contributed by atoms with Gasteiger partial charge in [0.1, 0.15) is 0 Å². The van der Waals surface area contributed by atoms with E-state index >= 15 is 0 Å². The molecule has 10 heavy (non-hydrogen) atoms. The third-order valence-corrected chi connectivity index (χ3v) is 4.50. The summed E-state index contributed by atoms with van der Waals surface area (Å²) in [7, 11) is 1.68. The minimum atomic E-state index is -0.181. The van der Waals surface area contributed by atoms with Crippen molar-refractivity contribution in [2.45, 2.75) is 18.4 Å². The van der Waals surface area contributed by atoms with Crippen LogP contribution in [0, 0.1) is 11.8 Å². The minimum absolute atomic E-state index is 0.181. The van der Waals surface area contributed by atoms with Crippen LogP contribution in [0.15, 0.2) is 12.2 Å². The Balaban J connectivity index is 1.96. The highest BCUT2D eigenvalue weighted by Crippen LogP contribution is 2.46. The highest BCUT2D eigenvalue weighted by Gasteiger charge is 2.35. The number of fused-ring (bicyclic) bond motifs is 2. The molecule has 0 N–H and O–H groups in total. The van der Waals surface area contributed by atoms with Crippen LogP contribution in [0.5, 0.6) is 0 Å². The molecular formula is C8H14OSi. The van der Waals surface area contributed by atoms with Crippen LogP contribution in [-0.2, 0) is 4.43 Å². The summed E-state index contributed by atoms with van der Waals surface area (Å²) in [4.78, 5) is 0. The molecule has 0 spiro atoms. The third-order valence-electron chi connectivity index (χ3n) is 2.80. The predicted molar refractivity (Wildman–Crippen MR) is 44.7 cm³/mol. The Bertz CT molecular complexity index is 155. The summed E-state index contributed by atoms with van der Waals surface area (Å²) in [5.41, 5.74) is 0.972. The summed E-state index contributed by atoms with van der Waals surface area (Å²) in [5.74, 6) is 1.84. The molecule has 1 saturated carbocycles. The second kappa shape index (κ2) is 2.51. The maximum absolute atomic E-state index is 5.28. The highest BCUT2D eigenvalue weighted by molar-refractivity contribution is 6.29. The van der Waals surface area contributed by atoms with E-state index in [2.05, 4.69) is 12.2 Å². The highest BCUT2D eigenvalue weighted by atomic mass is 28.2. The maximum Gasteiger partial charge on any atom is 0.164 e. The van der Waals surface area contributed by atoms with Crippen LogP contribution in [0.3, 0.4) is 0 Å². The Morgan fingerprint density at radius 3 is 2.80 bits per heavy atom. The zero-order valence-corrected chi connectivity index (χ0v) is 7.83. The summed E-state index contributed by atoms with van der Waals surface area (Å²) in [6, 6.07) is 0. The van der Waals surface area contributed by atoms with Crippen molar-refractivity contribution in [1.29, 1.82) is 0 Å². The molecule has 0 amide bonds. The lowest BCUT2D eigenvalue weighted by Crippen LogP contribution is -2.10. The van der Waals surface area contributed by atoms with E-state index in [0.717, 1.165) is 17.4 Å². The number of hydrogen-bond acceptors (Lipinski definition) is 1. The van der Waals surface area contributed by atoms with Gasteiger partial charge in [0.2, 0.25) is 0 Å². The lowest BCUT2D eigenvalue weighted by Gasteiger charge is -2.15. The molecule has 0 heterocycles. The second-order valence-corrected chi connectivity index (χ2v) is 5.46. The minimum Gasteiger partial charge on any atom is -0.427 e. The maximum atomic E-state index is 5.28. The quantitative estimate of drug-likeness (QED) is 0.427. The first-order valence-corrected chi connectivity index (χ1v) is 5.47. The van der Waals surface area contributed by atoms with Crippen molar-refractivity contribution in [3.63, 3.8) is 0 Å². The molecule has 2 rings (SSSR count). The molecule has 0 radical (unpaired) electrons. The molecule has 2 aliphatic rings. The van der Waals surface area contributed by atoms with Gasteiger partial charge < -0.3 is 4.43 Å². The van der Waals surface area contributed by atoms with Gasteiger partial charge in [-0.3, -0.25) is 0 Å². The van der Waals surface area contributed by atoms with E-state index < -0.39 is 0 Å². The van der Waals surface area contributed by atoms with Gasteiger partial charge in [0.15, 0.2) is 9.76 Å². The SMILES string of the molecule is CO[SiH2]C1CC2C=CC1C2. The number of allylic oxidation sites excluding steroid dienone is 2. The zero-order valence-electron chi connectivity index (χ0n) is 6.42. The van der Waals surface area contributed by atoms with Gasteiger partial charge in [-0.1, -0.05) is 12.2 Å². The summed E-state index contributed by atoms with van der Waals surface area (Å²) < 4.78 is 5.28. The molecule has 0 aliphatic heterocycles. The fourth-order valence-electron chi connectivity index (χ4n) is 2.30. The molecule has 3 atom stereocenters. The van der Waals surface area contributed by atoms with Gasteiger partial charge in [-0.25, -0.2) is 0 Å². The van der Waals surface area contributed by atoms with Crippen molar-refractivity contribution in [3.8, 4) is 0 Å². The molecule has 2 aliphatic carbocycles. The normalized spacial score (nSPS) is 44.3. The monoisotopic (exact) mass is 154 g/mol. The van der Waals surface area contributed by atoms with Crippen LogP contribution < -0.4 is 0 Å². The van der Waals surface area contributed by atoms with Crippen LogP contribution >= 0.6 is 0 Å². The van der Waals surface area contributed by atoms with Crippen LogP contribution in [0.25, 0.3) is 0 Å². The lowest BCUT2D eigenvalue weighted by molar-refractivity contribution is 0.421. The van der Waals surface area contributed by atoms with E-state index in [9.17, 15) is 0 Å². The smallest absolute Gasteiger partial charge is 0.164 e. The summed E-state index contributed by atoms with van der Waals surface area (Å²) in [5, 5.41) is 0. The molecule has 2 heteroatoms. The Hall–Kier alpha value is -0.0831. The third kappa shape index (κ3) is 0.955. The molecule has 3 unspecified atom stereocenters. The molecule has 0 aromatic heterocycles. The van der Waals surface area contributed by atoms with Crippen LogP contribution in [0.4, 0.5) is 0 Å². The van der Waals surface area contributed by atoms with Gasteiger partial charge in [-0.15, -0.1) is 0 Å².